The molecule has 0 aliphatic heterocycles. The second-order valence-electron chi connectivity index (χ2n) is 4.07. The Kier molecular flexibility index (Phi) is 6.12. The third-order valence-electron chi connectivity index (χ3n) is 2.56. The van der Waals surface area contributed by atoms with Crippen molar-refractivity contribution < 1.29 is 23.1 Å². The van der Waals surface area contributed by atoms with E-state index in [1.807, 2.05) is 0 Å². The molecule has 0 aliphatic rings. The number of carboxylic acids is 1. The summed E-state index contributed by atoms with van der Waals surface area (Å²) in [5, 5.41) is 11.2. The Bertz CT molecular complexity index is 588. The van der Waals surface area contributed by atoms with Gasteiger partial charge in [-0.05, 0) is 19.2 Å². The summed E-state index contributed by atoms with van der Waals surface area (Å²) in [6.45, 7) is -0.639. The van der Waals surface area contributed by atoms with E-state index in [-0.39, 0.29) is 12.3 Å². The van der Waals surface area contributed by atoms with Crippen molar-refractivity contribution in [1.82, 2.24) is 10.0 Å². The lowest BCUT2D eigenvalue weighted by Crippen LogP contribution is -2.44. The van der Waals surface area contributed by atoms with E-state index in [1.54, 1.807) is 30.3 Å². The van der Waals surface area contributed by atoms with E-state index in [9.17, 15) is 18.0 Å². The Hall–Kier alpha value is -2.13. The van der Waals surface area contributed by atoms with Crippen LogP contribution in [0.4, 0.5) is 10.5 Å². The van der Waals surface area contributed by atoms with Gasteiger partial charge in [0.05, 0.1) is 5.75 Å². The summed E-state index contributed by atoms with van der Waals surface area (Å²) in [6.07, 6.45) is 0. The van der Waals surface area contributed by atoms with Crippen LogP contribution in [0.1, 0.15) is 0 Å². The summed E-state index contributed by atoms with van der Waals surface area (Å²) in [6, 6.07) is 7.58. The molecule has 0 aliphatic carbocycles. The lowest BCUT2D eigenvalue weighted by molar-refractivity contribution is -0.135. The summed E-state index contributed by atoms with van der Waals surface area (Å²) < 4.78 is 24.6. The molecular formula is C12H17N3O5S. The number of hydrogen-bond donors (Lipinski definition) is 3. The third kappa shape index (κ3) is 5.79. The number of carbonyl (C=O) groups excluding carboxylic acids is 1. The number of sulfonamides is 1. The van der Waals surface area contributed by atoms with Gasteiger partial charge in [-0.25, -0.2) is 17.9 Å². The van der Waals surface area contributed by atoms with Gasteiger partial charge in [-0.2, -0.15) is 0 Å². The largest absolute Gasteiger partial charge is 0.480 e. The van der Waals surface area contributed by atoms with Gasteiger partial charge in [-0.1, -0.05) is 18.2 Å². The number of aliphatic carboxylic acids is 1. The molecule has 0 bridgehead atoms. The Labute approximate surface area is 122 Å². The number of anilines is 1. The van der Waals surface area contributed by atoms with Crippen LogP contribution in [0.5, 0.6) is 0 Å². The first kappa shape index (κ1) is 16.9. The normalized spacial score (nSPS) is 10.9. The van der Waals surface area contributed by atoms with Gasteiger partial charge >= 0.3 is 12.0 Å². The zero-order valence-electron chi connectivity index (χ0n) is 11.4. The predicted octanol–water partition coefficient (Wildman–Crippen LogP) is -0.164. The highest BCUT2D eigenvalue weighted by Crippen LogP contribution is 2.12. The van der Waals surface area contributed by atoms with Crippen molar-refractivity contribution in [2.45, 2.75) is 0 Å². The molecule has 116 valence electrons. The Balaban J connectivity index is 2.71. The van der Waals surface area contributed by atoms with Gasteiger partial charge in [-0.15, -0.1) is 0 Å². The number of rotatable bonds is 7. The van der Waals surface area contributed by atoms with Gasteiger partial charge in [0, 0.05) is 12.2 Å². The van der Waals surface area contributed by atoms with Crippen molar-refractivity contribution in [3.05, 3.63) is 30.3 Å². The third-order valence-corrected chi connectivity index (χ3v) is 3.93. The van der Waals surface area contributed by atoms with Crippen LogP contribution in [0.3, 0.4) is 0 Å². The van der Waals surface area contributed by atoms with E-state index in [2.05, 4.69) is 10.0 Å². The molecule has 0 saturated carbocycles. The van der Waals surface area contributed by atoms with Crippen molar-refractivity contribution in [3.63, 3.8) is 0 Å². The van der Waals surface area contributed by atoms with Crippen LogP contribution in [0, 0.1) is 0 Å². The number of para-hydroxylation sites is 1. The summed E-state index contributed by atoms with van der Waals surface area (Å²) in [5.41, 5.74) is 0.411. The molecule has 1 rings (SSSR count). The number of urea groups is 1. The first-order valence-corrected chi connectivity index (χ1v) is 7.74. The maximum atomic E-state index is 12.0. The van der Waals surface area contributed by atoms with Gasteiger partial charge in [0.2, 0.25) is 10.0 Å². The van der Waals surface area contributed by atoms with E-state index >= 15 is 0 Å². The molecule has 0 atom stereocenters. The smallest absolute Gasteiger partial charge is 0.323 e. The summed E-state index contributed by atoms with van der Waals surface area (Å²) in [5.74, 6) is -1.46. The first-order valence-electron chi connectivity index (χ1n) is 6.09. The Morgan fingerprint density at radius 1 is 1.24 bits per heavy atom. The van der Waals surface area contributed by atoms with Gasteiger partial charge in [-0.3, -0.25) is 9.69 Å². The van der Waals surface area contributed by atoms with Crippen LogP contribution in [-0.2, 0) is 14.8 Å². The average molecular weight is 315 g/mol. The minimum absolute atomic E-state index is 0.120. The van der Waals surface area contributed by atoms with Crippen molar-refractivity contribution in [3.8, 4) is 0 Å². The minimum Gasteiger partial charge on any atom is -0.480 e. The predicted molar refractivity (Wildman–Crippen MR) is 77.7 cm³/mol. The molecule has 0 aromatic heterocycles. The highest BCUT2D eigenvalue weighted by molar-refractivity contribution is 7.89. The molecule has 8 nitrogen and oxygen atoms in total. The van der Waals surface area contributed by atoms with E-state index in [1.165, 1.54) is 7.05 Å². The van der Waals surface area contributed by atoms with Gasteiger partial charge in [0.15, 0.2) is 0 Å². The summed E-state index contributed by atoms with van der Waals surface area (Å²) in [4.78, 5) is 23.9. The number of nitrogens with one attached hydrogen (secondary N) is 2. The number of nitrogens with zero attached hydrogens (tertiary/aromatic N) is 1. The van der Waals surface area contributed by atoms with Crippen molar-refractivity contribution in [2.75, 3.05) is 30.8 Å². The number of benzene rings is 1. The summed E-state index contributed by atoms with van der Waals surface area (Å²) in [7, 11) is -2.15. The maximum absolute atomic E-state index is 12.0. The molecule has 0 saturated heterocycles. The molecule has 9 heteroatoms. The molecule has 0 radical (unpaired) electrons. The van der Waals surface area contributed by atoms with Gasteiger partial charge in [0.1, 0.15) is 6.54 Å². The van der Waals surface area contributed by atoms with Crippen LogP contribution in [-0.4, -0.2) is 51.4 Å². The van der Waals surface area contributed by atoms with E-state index in [0.29, 0.717) is 5.69 Å². The number of hydrogen-bond acceptors (Lipinski definition) is 4. The molecule has 0 heterocycles. The summed E-state index contributed by atoms with van der Waals surface area (Å²) >= 11 is 0. The SMILES string of the molecule is CNS(=O)(=O)CCNC(=O)N(CC(=O)O)c1ccccc1. The van der Waals surface area contributed by atoms with Gasteiger partial charge < -0.3 is 10.4 Å². The molecule has 1 aromatic carbocycles. The lowest BCUT2D eigenvalue weighted by Gasteiger charge is -2.21. The van der Waals surface area contributed by atoms with E-state index in [0.717, 1.165) is 4.90 Å². The highest BCUT2D eigenvalue weighted by atomic mass is 32.2. The zero-order chi connectivity index (χ0) is 15.9. The molecular weight excluding hydrogens is 298 g/mol. The Morgan fingerprint density at radius 3 is 2.38 bits per heavy atom. The fourth-order valence-electron chi connectivity index (χ4n) is 1.51. The monoisotopic (exact) mass is 315 g/mol. The number of carboxylic acid groups (broad SMARTS) is 1. The van der Waals surface area contributed by atoms with Crippen LogP contribution in [0.2, 0.25) is 0 Å². The van der Waals surface area contributed by atoms with E-state index < -0.39 is 28.6 Å². The zero-order valence-corrected chi connectivity index (χ0v) is 12.3. The van der Waals surface area contributed by atoms with Crippen LogP contribution < -0.4 is 14.9 Å². The standard InChI is InChI=1S/C12H17N3O5S/c1-13-21(19,20)8-7-14-12(18)15(9-11(16)17)10-5-3-2-4-6-10/h2-6,13H,7-9H2,1H3,(H,14,18)(H,16,17). The molecule has 0 unspecified atom stereocenters. The van der Waals surface area contributed by atoms with Crippen molar-refractivity contribution >= 4 is 27.7 Å². The second-order valence-corrected chi connectivity index (χ2v) is 6.12. The fraction of sp³-hybridized carbons (Fsp3) is 0.333. The van der Waals surface area contributed by atoms with Gasteiger partial charge in [0.25, 0.3) is 0 Å². The molecule has 1 aromatic rings. The first-order chi connectivity index (χ1) is 9.85. The lowest BCUT2D eigenvalue weighted by atomic mass is 10.3. The molecule has 2 amide bonds. The topological polar surface area (TPSA) is 116 Å². The highest BCUT2D eigenvalue weighted by Gasteiger charge is 2.18. The van der Waals surface area contributed by atoms with Crippen LogP contribution in [0.25, 0.3) is 0 Å². The van der Waals surface area contributed by atoms with Crippen molar-refractivity contribution in [2.24, 2.45) is 0 Å². The van der Waals surface area contributed by atoms with Crippen LogP contribution >= 0.6 is 0 Å². The molecule has 0 fully saturated rings. The number of amides is 2. The fourth-order valence-corrected chi connectivity index (χ4v) is 2.09. The Morgan fingerprint density at radius 2 is 1.86 bits per heavy atom. The quantitative estimate of drug-likeness (QED) is 0.646. The van der Waals surface area contributed by atoms with Crippen LogP contribution in [0.15, 0.2) is 30.3 Å². The van der Waals surface area contributed by atoms with E-state index in [4.69, 9.17) is 5.11 Å². The average Bonchev–Trinajstić information content (AvgIpc) is 2.45. The second kappa shape index (κ2) is 7.60. The number of carbonyl (C=O) groups is 2. The molecule has 21 heavy (non-hydrogen) atoms. The maximum Gasteiger partial charge on any atom is 0.323 e. The van der Waals surface area contributed by atoms with Crippen molar-refractivity contribution in [1.29, 1.82) is 0 Å². The minimum atomic E-state index is -3.43. The molecule has 3 N–H and O–H groups in total. The molecule has 0 spiro atoms.